The number of carbonyl (C=O) groups excluding carboxylic acids is 1. The first kappa shape index (κ1) is 19.9. The zero-order chi connectivity index (χ0) is 19.3. The number of alkyl halides is 3. The van der Waals surface area contributed by atoms with Crippen molar-refractivity contribution in [3.63, 3.8) is 0 Å². The Morgan fingerprint density at radius 3 is 2.52 bits per heavy atom. The molecule has 1 amide bonds. The summed E-state index contributed by atoms with van der Waals surface area (Å²) in [5.74, 6) is 0.866. The molecule has 0 atom stereocenters. The molecule has 27 heavy (non-hydrogen) atoms. The summed E-state index contributed by atoms with van der Waals surface area (Å²) < 4.78 is 37.4. The molecule has 0 saturated carbocycles. The van der Waals surface area contributed by atoms with E-state index < -0.39 is 12.7 Å². The lowest BCUT2D eigenvalue weighted by Gasteiger charge is -2.32. The molecule has 0 aromatic carbocycles. The minimum Gasteiger partial charge on any atom is -0.369 e. The molecule has 2 saturated heterocycles. The number of rotatable bonds is 5. The van der Waals surface area contributed by atoms with Crippen molar-refractivity contribution < 1.29 is 18.0 Å². The van der Waals surface area contributed by atoms with Gasteiger partial charge in [0.25, 0.3) is 5.91 Å². The van der Waals surface area contributed by atoms with E-state index in [-0.39, 0.29) is 11.8 Å². The number of likely N-dealkylation sites (tertiary alicyclic amines) is 2. The lowest BCUT2D eigenvalue weighted by molar-refractivity contribution is -0.148. The van der Waals surface area contributed by atoms with Crippen molar-refractivity contribution in [2.45, 2.75) is 38.3 Å². The van der Waals surface area contributed by atoms with Crippen LogP contribution in [0.15, 0.2) is 18.3 Å². The molecule has 0 spiro atoms. The molecule has 1 aromatic rings. The van der Waals surface area contributed by atoms with Crippen LogP contribution in [0.5, 0.6) is 0 Å². The molecule has 2 aliphatic heterocycles. The average molecular weight is 384 g/mol. The van der Waals surface area contributed by atoms with E-state index in [1.807, 2.05) is 4.90 Å². The number of piperidine rings is 2. The van der Waals surface area contributed by atoms with Crippen molar-refractivity contribution >= 4 is 11.7 Å². The second-order valence-corrected chi connectivity index (χ2v) is 7.47. The zero-order valence-corrected chi connectivity index (χ0v) is 15.5. The van der Waals surface area contributed by atoms with Crippen LogP contribution in [0.25, 0.3) is 0 Å². The molecule has 2 aliphatic rings. The summed E-state index contributed by atoms with van der Waals surface area (Å²) in [7, 11) is 0. The van der Waals surface area contributed by atoms with Gasteiger partial charge in [-0.05, 0) is 63.2 Å². The molecule has 8 heteroatoms. The molecule has 0 aliphatic carbocycles. The number of aromatic nitrogens is 1. The van der Waals surface area contributed by atoms with E-state index in [0.29, 0.717) is 43.9 Å². The third-order valence-corrected chi connectivity index (χ3v) is 5.35. The molecule has 0 unspecified atom stereocenters. The topological polar surface area (TPSA) is 48.5 Å². The number of nitrogens with one attached hydrogen (secondary N) is 1. The third-order valence-electron chi connectivity index (χ3n) is 5.35. The highest BCUT2D eigenvalue weighted by Gasteiger charge is 2.32. The number of hydrogen-bond acceptors (Lipinski definition) is 4. The first-order chi connectivity index (χ1) is 12.9. The summed E-state index contributed by atoms with van der Waals surface area (Å²) in [5, 5.41) is 3.27. The number of amides is 1. The number of pyridine rings is 1. The summed E-state index contributed by atoms with van der Waals surface area (Å²) in [5.41, 5.74) is 0.578. The van der Waals surface area contributed by atoms with Crippen LogP contribution in [0.2, 0.25) is 0 Å². The van der Waals surface area contributed by atoms with Gasteiger partial charge in [-0.15, -0.1) is 0 Å². The largest absolute Gasteiger partial charge is 0.401 e. The van der Waals surface area contributed by atoms with Gasteiger partial charge in [0, 0.05) is 25.8 Å². The predicted molar refractivity (Wildman–Crippen MR) is 97.7 cm³/mol. The Morgan fingerprint density at radius 2 is 1.85 bits per heavy atom. The van der Waals surface area contributed by atoms with Crippen molar-refractivity contribution in [2.24, 2.45) is 5.92 Å². The maximum Gasteiger partial charge on any atom is 0.401 e. The first-order valence-corrected chi connectivity index (χ1v) is 9.69. The molecule has 1 N–H and O–H groups in total. The minimum absolute atomic E-state index is 0.00490. The molecule has 3 heterocycles. The molecule has 3 rings (SSSR count). The monoisotopic (exact) mass is 384 g/mol. The van der Waals surface area contributed by atoms with Gasteiger partial charge in [-0.2, -0.15) is 13.2 Å². The second-order valence-electron chi connectivity index (χ2n) is 7.47. The normalized spacial score (nSPS) is 19.9. The number of anilines is 1. The number of hydrogen-bond donors (Lipinski definition) is 1. The predicted octanol–water partition coefficient (Wildman–Crippen LogP) is 3.39. The van der Waals surface area contributed by atoms with Crippen LogP contribution in [0.3, 0.4) is 0 Å². The van der Waals surface area contributed by atoms with Crippen LogP contribution in [-0.2, 0) is 0 Å². The van der Waals surface area contributed by atoms with Crippen molar-refractivity contribution in [3.8, 4) is 0 Å². The zero-order valence-electron chi connectivity index (χ0n) is 15.5. The molecule has 1 aromatic heterocycles. The summed E-state index contributed by atoms with van der Waals surface area (Å²) in [6.45, 7) is 2.26. The van der Waals surface area contributed by atoms with E-state index in [4.69, 9.17) is 0 Å². The molecular formula is C19H27F3N4O. The van der Waals surface area contributed by atoms with Crippen LogP contribution in [0.1, 0.15) is 42.5 Å². The SMILES string of the molecule is O=C(c1cccnc1NCC1CCN(CC(F)(F)F)CC1)N1CCCCC1. The molecule has 0 radical (unpaired) electrons. The Kier molecular flexibility index (Phi) is 6.57. The highest BCUT2D eigenvalue weighted by Crippen LogP contribution is 2.24. The Balaban J connectivity index is 1.52. The van der Waals surface area contributed by atoms with E-state index >= 15 is 0 Å². The lowest BCUT2D eigenvalue weighted by atomic mass is 9.96. The second kappa shape index (κ2) is 8.91. The number of carbonyl (C=O) groups is 1. The summed E-state index contributed by atoms with van der Waals surface area (Å²) in [6, 6.07) is 3.55. The van der Waals surface area contributed by atoms with Gasteiger partial charge < -0.3 is 10.2 Å². The standard InChI is InChI=1S/C19H27F3N4O/c20-19(21,22)14-25-11-6-15(7-12-25)13-24-17-16(5-4-8-23-17)18(27)26-9-2-1-3-10-26/h4-5,8,15H,1-3,6-7,9-14H2,(H,23,24). The van der Waals surface area contributed by atoms with Gasteiger partial charge in [-0.25, -0.2) is 4.98 Å². The summed E-state index contributed by atoms with van der Waals surface area (Å²) >= 11 is 0. The van der Waals surface area contributed by atoms with E-state index in [9.17, 15) is 18.0 Å². The fourth-order valence-corrected chi connectivity index (χ4v) is 3.83. The molecular weight excluding hydrogens is 357 g/mol. The van der Waals surface area contributed by atoms with E-state index in [1.54, 1.807) is 18.3 Å². The van der Waals surface area contributed by atoms with Crippen molar-refractivity contribution in [1.82, 2.24) is 14.8 Å². The molecule has 0 bridgehead atoms. The highest BCUT2D eigenvalue weighted by molar-refractivity contribution is 5.98. The maximum absolute atomic E-state index is 12.8. The number of halogens is 3. The van der Waals surface area contributed by atoms with Gasteiger partial charge in [0.2, 0.25) is 0 Å². The van der Waals surface area contributed by atoms with Gasteiger partial charge in [0.1, 0.15) is 5.82 Å². The van der Waals surface area contributed by atoms with E-state index in [1.165, 1.54) is 4.90 Å². The molecule has 2 fully saturated rings. The number of nitrogens with zero attached hydrogens (tertiary/aromatic N) is 3. The fraction of sp³-hybridized carbons (Fsp3) is 0.684. The van der Waals surface area contributed by atoms with Gasteiger partial charge in [0.05, 0.1) is 12.1 Å². The highest BCUT2D eigenvalue weighted by atomic mass is 19.4. The Bertz CT molecular complexity index is 624. The minimum atomic E-state index is -4.14. The average Bonchev–Trinajstić information content (AvgIpc) is 2.67. The third kappa shape index (κ3) is 5.82. The Hall–Kier alpha value is -1.83. The van der Waals surface area contributed by atoms with Gasteiger partial charge >= 0.3 is 6.18 Å². The van der Waals surface area contributed by atoms with Crippen LogP contribution in [0, 0.1) is 5.92 Å². The van der Waals surface area contributed by atoms with Crippen molar-refractivity contribution in [1.29, 1.82) is 0 Å². The van der Waals surface area contributed by atoms with Crippen LogP contribution >= 0.6 is 0 Å². The Labute approximate surface area is 157 Å². The smallest absolute Gasteiger partial charge is 0.369 e. The first-order valence-electron chi connectivity index (χ1n) is 9.69. The van der Waals surface area contributed by atoms with E-state index in [0.717, 1.165) is 32.4 Å². The quantitative estimate of drug-likeness (QED) is 0.845. The summed E-state index contributed by atoms with van der Waals surface area (Å²) in [6.07, 6.45) is 2.17. The molecule has 5 nitrogen and oxygen atoms in total. The van der Waals surface area contributed by atoms with E-state index in [2.05, 4.69) is 10.3 Å². The van der Waals surface area contributed by atoms with Crippen LogP contribution < -0.4 is 5.32 Å². The van der Waals surface area contributed by atoms with Crippen LogP contribution in [0.4, 0.5) is 19.0 Å². The summed E-state index contributed by atoms with van der Waals surface area (Å²) in [4.78, 5) is 20.4. The van der Waals surface area contributed by atoms with Gasteiger partial charge in [0.15, 0.2) is 0 Å². The van der Waals surface area contributed by atoms with Gasteiger partial charge in [-0.3, -0.25) is 9.69 Å². The van der Waals surface area contributed by atoms with Gasteiger partial charge in [-0.1, -0.05) is 0 Å². The molecule has 150 valence electrons. The van der Waals surface area contributed by atoms with Crippen LogP contribution in [-0.4, -0.2) is 66.1 Å². The fourth-order valence-electron chi connectivity index (χ4n) is 3.83. The maximum atomic E-state index is 12.8. The van der Waals surface area contributed by atoms with Crippen molar-refractivity contribution in [2.75, 3.05) is 44.6 Å². The lowest BCUT2D eigenvalue weighted by Crippen LogP contribution is -2.41. The van der Waals surface area contributed by atoms with Crippen molar-refractivity contribution in [3.05, 3.63) is 23.9 Å². The Morgan fingerprint density at radius 1 is 1.15 bits per heavy atom.